The number of hydrogen-bond donors (Lipinski definition) is 2. The van der Waals surface area contributed by atoms with Gasteiger partial charge in [0.25, 0.3) is 5.91 Å². The Labute approximate surface area is 138 Å². The fourth-order valence-corrected chi connectivity index (χ4v) is 2.93. The standard InChI is InChI=1S/C18H27N3O2/c1-3-19-14(2)13-20-17(22)15-9-11-21(12-10-15)18(23)16-7-5-4-6-8-16/h4-8,14-15,19H,3,9-13H2,1-2H3,(H,20,22)/t14-/m1/s1. The lowest BCUT2D eigenvalue weighted by molar-refractivity contribution is -0.126. The number of carbonyl (C=O) groups is 2. The summed E-state index contributed by atoms with van der Waals surface area (Å²) in [6.45, 7) is 6.96. The van der Waals surface area contributed by atoms with Crippen molar-refractivity contribution in [3.8, 4) is 0 Å². The topological polar surface area (TPSA) is 61.4 Å². The zero-order chi connectivity index (χ0) is 16.7. The maximum atomic E-state index is 12.4. The van der Waals surface area contributed by atoms with Gasteiger partial charge < -0.3 is 15.5 Å². The van der Waals surface area contributed by atoms with Gasteiger partial charge in [-0.05, 0) is 38.4 Å². The SMILES string of the molecule is CCN[C@H](C)CNC(=O)C1CCN(C(=O)c2ccccc2)CC1. The maximum absolute atomic E-state index is 12.4. The van der Waals surface area contributed by atoms with E-state index in [1.165, 1.54) is 0 Å². The molecular formula is C18H27N3O2. The molecule has 5 nitrogen and oxygen atoms in total. The van der Waals surface area contributed by atoms with Gasteiger partial charge in [0.2, 0.25) is 5.91 Å². The Bertz CT molecular complexity index is 510. The average Bonchev–Trinajstić information content (AvgIpc) is 2.60. The van der Waals surface area contributed by atoms with Crippen LogP contribution >= 0.6 is 0 Å². The molecule has 1 aliphatic heterocycles. The molecule has 0 saturated carbocycles. The molecule has 5 heteroatoms. The molecule has 1 heterocycles. The quantitative estimate of drug-likeness (QED) is 0.839. The molecule has 1 atom stereocenters. The predicted molar refractivity (Wildman–Crippen MR) is 91.2 cm³/mol. The number of likely N-dealkylation sites (N-methyl/N-ethyl adjacent to an activating group) is 1. The van der Waals surface area contributed by atoms with Crippen LogP contribution in [0.1, 0.15) is 37.0 Å². The first-order chi connectivity index (χ1) is 11.1. The summed E-state index contributed by atoms with van der Waals surface area (Å²) in [7, 11) is 0. The monoisotopic (exact) mass is 317 g/mol. The Kier molecular flexibility index (Phi) is 6.59. The average molecular weight is 317 g/mol. The van der Waals surface area contributed by atoms with Gasteiger partial charge in [0.1, 0.15) is 0 Å². The Hall–Kier alpha value is -1.88. The predicted octanol–water partition coefficient (Wildman–Crippen LogP) is 1.65. The van der Waals surface area contributed by atoms with Gasteiger partial charge in [-0.1, -0.05) is 25.1 Å². The Morgan fingerprint density at radius 2 is 1.87 bits per heavy atom. The summed E-state index contributed by atoms with van der Waals surface area (Å²) in [5, 5.41) is 6.28. The molecule has 0 aromatic heterocycles. The third-order valence-corrected chi connectivity index (χ3v) is 4.31. The van der Waals surface area contributed by atoms with Crippen molar-refractivity contribution in [2.45, 2.75) is 32.7 Å². The first kappa shape index (κ1) is 17.5. The molecule has 23 heavy (non-hydrogen) atoms. The van der Waals surface area contributed by atoms with E-state index in [2.05, 4.69) is 24.5 Å². The lowest BCUT2D eigenvalue weighted by Crippen LogP contribution is -2.45. The van der Waals surface area contributed by atoms with Crippen LogP contribution in [0.15, 0.2) is 30.3 Å². The fraction of sp³-hybridized carbons (Fsp3) is 0.556. The van der Waals surface area contributed by atoms with Gasteiger partial charge >= 0.3 is 0 Å². The van der Waals surface area contributed by atoms with Crippen LogP contribution in [-0.4, -0.2) is 48.9 Å². The number of rotatable bonds is 6. The molecule has 126 valence electrons. The summed E-state index contributed by atoms with van der Waals surface area (Å²) in [4.78, 5) is 26.4. The molecule has 0 bridgehead atoms. The molecule has 2 rings (SSSR count). The number of nitrogens with one attached hydrogen (secondary N) is 2. The molecule has 0 radical (unpaired) electrons. The van der Waals surface area contributed by atoms with Crippen LogP contribution in [0.5, 0.6) is 0 Å². The van der Waals surface area contributed by atoms with Gasteiger partial charge in [0, 0.05) is 37.2 Å². The van der Waals surface area contributed by atoms with Crippen molar-refractivity contribution in [3.05, 3.63) is 35.9 Å². The minimum Gasteiger partial charge on any atom is -0.354 e. The molecule has 1 fully saturated rings. The summed E-state index contributed by atoms with van der Waals surface area (Å²) in [5.74, 6) is 0.190. The normalized spacial score (nSPS) is 16.9. The first-order valence-corrected chi connectivity index (χ1v) is 8.47. The number of benzene rings is 1. The summed E-state index contributed by atoms with van der Waals surface area (Å²) >= 11 is 0. The molecule has 1 aliphatic rings. The van der Waals surface area contributed by atoms with Crippen LogP contribution in [0.3, 0.4) is 0 Å². The highest BCUT2D eigenvalue weighted by molar-refractivity contribution is 5.94. The van der Waals surface area contributed by atoms with Gasteiger partial charge in [-0.3, -0.25) is 9.59 Å². The summed E-state index contributed by atoms with van der Waals surface area (Å²) in [6, 6.07) is 9.61. The number of hydrogen-bond acceptors (Lipinski definition) is 3. The number of amides is 2. The van der Waals surface area contributed by atoms with Crippen LogP contribution in [0.2, 0.25) is 0 Å². The zero-order valence-electron chi connectivity index (χ0n) is 14.0. The molecule has 0 spiro atoms. The van der Waals surface area contributed by atoms with Crippen molar-refractivity contribution in [3.63, 3.8) is 0 Å². The second kappa shape index (κ2) is 8.67. The summed E-state index contributed by atoms with van der Waals surface area (Å²) in [6.07, 6.45) is 1.47. The van der Waals surface area contributed by atoms with Crippen molar-refractivity contribution in [1.82, 2.24) is 15.5 Å². The van der Waals surface area contributed by atoms with Gasteiger partial charge in [-0.15, -0.1) is 0 Å². The van der Waals surface area contributed by atoms with Gasteiger partial charge in [-0.2, -0.15) is 0 Å². The van der Waals surface area contributed by atoms with E-state index in [1.54, 1.807) is 0 Å². The van der Waals surface area contributed by atoms with Crippen LogP contribution in [-0.2, 0) is 4.79 Å². The van der Waals surface area contributed by atoms with E-state index >= 15 is 0 Å². The first-order valence-electron chi connectivity index (χ1n) is 8.47. The van der Waals surface area contributed by atoms with Crippen molar-refractivity contribution >= 4 is 11.8 Å². The van der Waals surface area contributed by atoms with E-state index in [-0.39, 0.29) is 23.8 Å². The number of likely N-dealkylation sites (tertiary alicyclic amines) is 1. The van der Waals surface area contributed by atoms with Crippen LogP contribution in [0.25, 0.3) is 0 Å². The van der Waals surface area contributed by atoms with E-state index in [4.69, 9.17) is 0 Å². The van der Waals surface area contributed by atoms with E-state index in [9.17, 15) is 9.59 Å². The molecule has 0 aliphatic carbocycles. The minimum absolute atomic E-state index is 0.0173. The number of piperidine rings is 1. The Morgan fingerprint density at radius 1 is 1.22 bits per heavy atom. The third kappa shape index (κ3) is 5.06. The van der Waals surface area contributed by atoms with E-state index in [0.29, 0.717) is 19.6 Å². The highest BCUT2D eigenvalue weighted by Crippen LogP contribution is 2.19. The highest BCUT2D eigenvalue weighted by Gasteiger charge is 2.27. The van der Waals surface area contributed by atoms with Gasteiger partial charge in [0.15, 0.2) is 0 Å². The molecule has 0 unspecified atom stereocenters. The number of nitrogens with zero attached hydrogens (tertiary/aromatic N) is 1. The van der Waals surface area contributed by atoms with E-state index in [0.717, 1.165) is 24.9 Å². The molecule has 1 aromatic carbocycles. The zero-order valence-corrected chi connectivity index (χ0v) is 14.0. The fourth-order valence-electron chi connectivity index (χ4n) is 2.93. The second-order valence-corrected chi connectivity index (χ2v) is 6.14. The molecule has 2 N–H and O–H groups in total. The summed E-state index contributed by atoms with van der Waals surface area (Å²) < 4.78 is 0. The largest absolute Gasteiger partial charge is 0.354 e. The lowest BCUT2D eigenvalue weighted by atomic mass is 9.95. The van der Waals surface area contributed by atoms with Crippen molar-refractivity contribution in [2.75, 3.05) is 26.2 Å². The van der Waals surface area contributed by atoms with Crippen molar-refractivity contribution < 1.29 is 9.59 Å². The third-order valence-electron chi connectivity index (χ3n) is 4.31. The highest BCUT2D eigenvalue weighted by atomic mass is 16.2. The van der Waals surface area contributed by atoms with Crippen molar-refractivity contribution in [1.29, 1.82) is 0 Å². The maximum Gasteiger partial charge on any atom is 0.253 e. The number of carbonyl (C=O) groups excluding carboxylic acids is 2. The lowest BCUT2D eigenvalue weighted by Gasteiger charge is -2.31. The van der Waals surface area contributed by atoms with Crippen LogP contribution in [0.4, 0.5) is 0 Å². The second-order valence-electron chi connectivity index (χ2n) is 6.14. The smallest absolute Gasteiger partial charge is 0.253 e. The molecule has 1 aromatic rings. The molecular weight excluding hydrogens is 290 g/mol. The van der Waals surface area contributed by atoms with Crippen LogP contribution < -0.4 is 10.6 Å². The Morgan fingerprint density at radius 3 is 2.48 bits per heavy atom. The minimum atomic E-state index is 0.0173. The van der Waals surface area contributed by atoms with Gasteiger partial charge in [-0.25, -0.2) is 0 Å². The molecule has 2 amide bonds. The molecule has 1 saturated heterocycles. The van der Waals surface area contributed by atoms with E-state index < -0.39 is 0 Å². The Balaban J connectivity index is 1.77. The summed E-state index contributed by atoms with van der Waals surface area (Å²) in [5.41, 5.74) is 0.717. The van der Waals surface area contributed by atoms with Crippen molar-refractivity contribution in [2.24, 2.45) is 5.92 Å². The van der Waals surface area contributed by atoms with Gasteiger partial charge in [0.05, 0.1) is 0 Å². The van der Waals surface area contributed by atoms with Crippen LogP contribution in [0, 0.1) is 5.92 Å². The van der Waals surface area contributed by atoms with E-state index in [1.807, 2.05) is 35.2 Å².